The van der Waals surface area contributed by atoms with Gasteiger partial charge in [0.25, 0.3) is 0 Å². The van der Waals surface area contributed by atoms with E-state index < -0.39 is 0 Å². The van der Waals surface area contributed by atoms with E-state index >= 15 is 0 Å². The fourth-order valence-electron chi connectivity index (χ4n) is 4.01. The molecule has 3 aliphatic rings. The van der Waals surface area contributed by atoms with Crippen molar-refractivity contribution in [1.29, 1.82) is 0 Å². The molecule has 1 heteroatoms. The van der Waals surface area contributed by atoms with Crippen molar-refractivity contribution < 1.29 is 0 Å². The van der Waals surface area contributed by atoms with Crippen molar-refractivity contribution in [3.05, 3.63) is 65.3 Å². The van der Waals surface area contributed by atoms with E-state index in [1.165, 1.54) is 30.5 Å². The van der Waals surface area contributed by atoms with E-state index in [4.69, 9.17) is 0 Å². The minimum absolute atomic E-state index is 0.602. The Morgan fingerprint density at radius 2 is 1.95 bits per heavy atom. The highest BCUT2D eigenvalue weighted by molar-refractivity contribution is 5.74. The smallest absolute Gasteiger partial charge is 0.0202 e. The first-order valence-electron chi connectivity index (χ1n) is 7.66. The van der Waals surface area contributed by atoms with Crippen molar-refractivity contribution in [2.24, 2.45) is 11.8 Å². The molecule has 0 N–H and O–H groups in total. The summed E-state index contributed by atoms with van der Waals surface area (Å²) in [5, 5.41) is 0. The Morgan fingerprint density at radius 3 is 2.90 bits per heavy atom. The average Bonchev–Trinajstić information content (AvgIpc) is 2.61. The summed E-state index contributed by atoms with van der Waals surface area (Å²) in [5.74, 6) is 1.24. The van der Waals surface area contributed by atoms with E-state index in [1.54, 1.807) is 11.1 Å². The zero-order chi connectivity index (χ0) is 13.5. The minimum atomic E-state index is 0.602. The first-order valence-corrected chi connectivity index (χ1v) is 7.66. The second kappa shape index (κ2) is 4.75. The van der Waals surface area contributed by atoms with Crippen molar-refractivity contribution in [2.75, 3.05) is 20.1 Å². The molecular weight excluding hydrogens is 242 g/mol. The van der Waals surface area contributed by atoms with Gasteiger partial charge in [0.2, 0.25) is 0 Å². The molecule has 1 aromatic carbocycles. The molecule has 1 aliphatic heterocycles. The molecule has 0 fully saturated rings. The van der Waals surface area contributed by atoms with Gasteiger partial charge in [-0.2, -0.15) is 0 Å². The third-order valence-corrected chi connectivity index (χ3v) is 5.02. The largest absolute Gasteiger partial charge is 0.302 e. The Balaban J connectivity index is 1.91. The lowest BCUT2D eigenvalue weighted by Gasteiger charge is -2.33. The lowest BCUT2D eigenvalue weighted by Crippen LogP contribution is -2.31. The van der Waals surface area contributed by atoms with Crippen LogP contribution in [0.1, 0.15) is 17.5 Å². The standard InChI is InChI=1S/C19H21N/c1-20-11-10-18-16-8-4-2-6-14(16)12-15-7-3-5-9-17(15)19(18)13-20/h2-9,15,17H,10-13H2,1H3. The summed E-state index contributed by atoms with van der Waals surface area (Å²) in [6.45, 7) is 2.31. The maximum Gasteiger partial charge on any atom is 0.0202 e. The summed E-state index contributed by atoms with van der Waals surface area (Å²) < 4.78 is 0. The molecule has 0 saturated carbocycles. The molecule has 4 rings (SSSR count). The van der Waals surface area contributed by atoms with Gasteiger partial charge >= 0.3 is 0 Å². The van der Waals surface area contributed by atoms with Gasteiger partial charge in [-0.15, -0.1) is 0 Å². The zero-order valence-corrected chi connectivity index (χ0v) is 12.0. The highest BCUT2D eigenvalue weighted by Crippen LogP contribution is 2.42. The molecule has 20 heavy (non-hydrogen) atoms. The van der Waals surface area contributed by atoms with E-state index in [0.29, 0.717) is 11.8 Å². The molecule has 0 aromatic heterocycles. The van der Waals surface area contributed by atoms with Crippen LogP contribution in [0.5, 0.6) is 0 Å². The van der Waals surface area contributed by atoms with Gasteiger partial charge in [-0.25, -0.2) is 0 Å². The molecule has 0 radical (unpaired) electrons. The Morgan fingerprint density at radius 1 is 1.10 bits per heavy atom. The monoisotopic (exact) mass is 263 g/mol. The lowest BCUT2D eigenvalue weighted by atomic mass is 9.79. The van der Waals surface area contributed by atoms with Gasteiger partial charge in [0.1, 0.15) is 0 Å². The molecule has 0 spiro atoms. The van der Waals surface area contributed by atoms with Crippen LogP contribution in [0.2, 0.25) is 0 Å². The number of hydrogen-bond donors (Lipinski definition) is 0. The molecule has 2 aliphatic carbocycles. The van der Waals surface area contributed by atoms with Crippen molar-refractivity contribution >= 4 is 5.57 Å². The molecule has 1 aromatic rings. The van der Waals surface area contributed by atoms with E-state index in [9.17, 15) is 0 Å². The van der Waals surface area contributed by atoms with Crippen LogP contribution in [-0.2, 0) is 6.42 Å². The predicted molar refractivity (Wildman–Crippen MR) is 84.4 cm³/mol. The molecule has 1 heterocycles. The van der Waals surface area contributed by atoms with Gasteiger partial charge in [-0.3, -0.25) is 0 Å². The number of nitrogens with zero attached hydrogens (tertiary/aromatic N) is 1. The summed E-state index contributed by atoms with van der Waals surface area (Å²) in [7, 11) is 2.25. The van der Waals surface area contributed by atoms with Gasteiger partial charge in [-0.1, -0.05) is 48.6 Å². The highest BCUT2D eigenvalue weighted by Gasteiger charge is 2.32. The summed E-state index contributed by atoms with van der Waals surface area (Å²) >= 11 is 0. The quantitative estimate of drug-likeness (QED) is 0.690. The SMILES string of the molecule is CN1CCC2=C(C1)C1C=CC=CC1Cc1ccccc12. The van der Waals surface area contributed by atoms with Crippen LogP contribution in [0.25, 0.3) is 5.57 Å². The van der Waals surface area contributed by atoms with Crippen molar-refractivity contribution in [3.8, 4) is 0 Å². The van der Waals surface area contributed by atoms with Crippen LogP contribution < -0.4 is 0 Å². The topological polar surface area (TPSA) is 3.24 Å². The minimum Gasteiger partial charge on any atom is -0.302 e. The summed E-state index contributed by atoms with van der Waals surface area (Å²) in [6, 6.07) is 9.05. The summed E-state index contributed by atoms with van der Waals surface area (Å²) in [5.41, 5.74) is 6.35. The van der Waals surface area contributed by atoms with Gasteiger partial charge < -0.3 is 4.90 Å². The normalized spacial score (nSPS) is 28.6. The van der Waals surface area contributed by atoms with E-state index in [-0.39, 0.29) is 0 Å². The number of fused-ring (bicyclic) bond motifs is 4. The van der Waals surface area contributed by atoms with Crippen molar-refractivity contribution in [3.63, 3.8) is 0 Å². The molecule has 0 saturated heterocycles. The molecule has 0 bridgehead atoms. The maximum absolute atomic E-state index is 2.47. The molecule has 2 atom stereocenters. The second-order valence-corrected chi connectivity index (χ2v) is 6.31. The van der Waals surface area contributed by atoms with Crippen LogP contribution in [0, 0.1) is 11.8 Å². The van der Waals surface area contributed by atoms with Crippen LogP contribution in [0.15, 0.2) is 54.1 Å². The maximum atomic E-state index is 2.47. The van der Waals surface area contributed by atoms with Crippen molar-refractivity contribution in [2.45, 2.75) is 12.8 Å². The van der Waals surface area contributed by atoms with Gasteiger partial charge in [0.15, 0.2) is 0 Å². The van der Waals surface area contributed by atoms with Crippen LogP contribution >= 0.6 is 0 Å². The van der Waals surface area contributed by atoms with Crippen LogP contribution in [-0.4, -0.2) is 25.0 Å². The summed E-state index contributed by atoms with van der Waals surface area (Å²) in [4.78, 5) is 2.47. The highest BCUT2D eigenvalue weighted by atomic mass is 15.1. The Hall–Kier alpha value is -1.60. The predicted octanol–water partition coefficient (Wildman–Crippen LogP) is 3.69. The van der Waals surface area contributed by atoms with E-state index in [2.05, 4.69) is 60.5 Å². The Labute approximate surface area is 121 Å². The van der Waals surface area contributed by atoms with Gasteiger partial charge in [0, 0.05) is 19.0 Å². The van der Waals surface area contributed by atoms with Gasteiger partial charge in [-0.05, 0) is 48.1 Å². The average molecular weight is 263 g/mol. The van der Waals surface area contributed by atoms with Gasteiger partial charge in [0.05, 0.1) is 0 Å². The van der Waals surface area contributed by atoms with E-state index in [0.717, 1.165) is 6.54 Å². The molecule has 2 unspecified atom stereocenters. The second-order valence-electron chi connectivity index (χ2n) is 6.31. The van der Waals surface area contributed by atoms with Crippen LogP contribution in [0.4, 0.5) is 0 Å². The summed E-state index contributed by atoms with van der Waals surface area (Å²) in [6.07, 6.45) is 11.7. The van der Waals surface area contributed by atoms with Crippen molar-refractivity contribution in [1.82, 2.24) is 4.90 Å². The molecule has 1 nitrogen and oxygen atoms in total. The Kier molecular flexibility index (Phi) is 2.89. The fraction of sp³-hybridized carbons (Fsp3) is 0.368. The number of rotatable bonds is 0. The zero-order valence-electron chi connectivity index (χ0n) is 12.0. The molecule has 0 amide bonds. The number of hydrogen-bond acceptors (Lipinski definition) is 1. The number of allylic oxidation sites excluding steroid dienone is 4. The number of likely N-dealkylation sites (N-methyl/N-ethyl adjacent to an activating group) is 1. The third kappa shape index (κ3) is 1.89. The Bertz CT molecular complexity index is 620. The number of benzene rings is 1. The molecular formula is C19H21N. The third-order valence-electron chi connectivity index (χ3n) is 5.02. The first-order chi connectivity index (χ1) is 9.83. The van der Waals surface area contributed by atoms with E-state index in [1.807, 2.05) is 0 Å². The lowest BCUT2D eigenvalue weighted by molar-refractivity contribution is 0.339. The first kappa shape index (κ1) is 12.2. The fourth-order valence-corrected chi connectivity index (χ4v) is 4.01. The molecule has 102 valence electrons. The van der Waals surface area contributed by atoms with Crippen LogP contribution in [0.3, 0.4) is 0 Å².